The molecule has 3 rings (SSSR count). The van der Waals surface area contributed by atoms with Crippen LogP contribution in [0.2, 0.25) is 0 Å². The van der Waals surface area contributed by atoms with E-state index in [2.05, 4.69) is 0 Å². The number of hydrogen-bond donors (Lipinski definition) is 0. The molecule has 1 aliphatic rings. The Kier molecular flexibility index (Phi) is 4.40. The summed E-state index contributed by atoms with van der Waals surface area (Å²) < 4.78 is 88.5. The highest BCUT2D eigenvalue weighted by Gasteiger charge is 2.98. The molecule has 0 amide bonds. The predicted octanol–water partition coefficient (Wildman–Crippen LogP) is 5.13. The second kappa shape index (κ2) is 6.06. The van der Waals surface area contributed by atoms with E-state index in [4.69, 9.17) is 0 Å². The van der Waals surface area contributed by atoms with Crippen LogP contribution in [0.15, 0.2) is 48.5 Å². The number of alkyl halides is 6. The van der Waals surface area contributed by atoms with Gasteiger partial charge in [0.1, 0.15) is 0 Å². The van der Waals surface area contributed by atoms with Gasteiger partial charge < -0.3 is 9.80 Å². The molecule has 0 aromatic heterocycles. The van der Waals surface area contributed by atoms with E-state index in [1.807, 2.05) is 0 Å². The van der Waals surface area contributed by atoms with Crippen LogP contribution in [-0.4, -0.2) is 40.0 Å². The molecule has 2 atom stereocenters. The van der Waals surface area contributed by atoms with Gasteiger partial charge in [0, 0.05) is 39.6 Å². The summed E-state index contributed by atoms with van der Waals surface area (Å²) in [4.78, 5) is 3.23. The number of benzene rings is 2. The fourth-order valence-corrected chi connectivity index (χ4v) is 3.54. The Morgan fingerprint density at radius 3 is 0.964 bits per heavy atom. The molecule has 8 heteroatoms. The van der Waals surface area contributed by atoms with Crippen molar-refractivity contribution in [3.05, 3.63) is 59.7 Å². The maximum Gasteiger partial charge on any atom is 0.355 e. The standard InChI is InChI=1S/C20H20F6N2/c1-27(2)15-9-5-13(6-10-15)17(21)18(22,20(25,26)19(17,23)24)14-7-11-16(12-8-14)28(3)4/h5-12H,1-4H3/t17-,18-/m1/s1. The van der Waals surface area contributed by atoms with Crippen molar-refractivity contribution in [1.82, 2.24) is 0 Å². The van der Waals surface area contributed by atoms with Gasteiger partial charge in [-0.2, -0.15) is 17.6 Å². The Labute approximate surface area is 159 Å². The van der Waals surface area contributed by atoms with Crippen molar-refractivity contribution in [2.75, 3.05) is 38.0 Å². The molecule has 2 aromatic carbocycles. The summed E-state index contributed by atoms with van der Waals surface area (Å²) in [7, 11) is 6.66. The first-order valence-corrected chi connectivity index (χ1v) is 8.51. The Bertz CT molecular complexity index is 790. The molecule has 0 spiro atoms. The smallest absolute Gasteiger partial charge is 0.355 e. The second-order valence-electron chi connectivity index (χ2n) is 7.35. The first kappa shape index (κ1) is 20.4. The average molecular weight is 402 g/mol. The third kappa shape index (κ3) is 2.23. The lowest BCUT2D eigenvalue weighted by atomic mass is 9.56. The molecule has 152 valence electrons. The highest BCUT2D eigenvalue weighted by molar-refractivity contribution is 5.55. The minimum atomic E-state index is -5.21. The lowest BCUT2D eigenvalue weighted by Crippen LogP contribution is -2.82. The summed E-state index contributed by atoms with van der Waals surface area (Å²) in [5.41, 5.74) is -9.05. The Morgan fingerprint density at radius 1 is 0.500 bits per heavy atom. The number of halogens is 6. The molecule has 0 saturated heterocycles. The zero-order chi connectivity index (χ0) is 21.1. The van der Waals surface area contributed by atoms with Crippen molar-refractivity contribution in [3.63, 3.8) is 0 Å². The van der Waals surface area contributed by atoms with Gasteiger partial charge in [-0.05, 0) is 35.4 Å². The lowest BCUT2D eigenvalue weighted by molar-refractivity contribution is -0.451. The molecule has 28 heavy (non-hydrogen) atoms. The molecule has 0 bridgehead atoms. The minimum absolute atomic E-state index is 0.529. The summed E-state index contributed by atoms with van der Waals surface area (Å²) in [5.74, 6) is -10.4. The van der Waals surface area contributed by atoms with Crippen LogP contribution in [0.4, 0.5) is 37.7 Å². The van der Waals surface area contributed by atoms with Gasteiger partial charge in [-0.1, -0.05) is 24.3 Å². The third-order valence-corrected chi connectivity index (χ3v) is 5.30. The van der Waals surface area contributed by atoms with Gasteiger partial charge in [-0.25, -0.2) is 8.78 Å². The topological polar surface area (TPSA) is 6.48 Å². The Hall–Kier alpha value is -2.38. The number of nitrogens with zero attached hydrogens (tertiary/aromatic N) is 2. The molecule has 0 N–H and O–H groups in total. The fourth-order valence-electron chi connectivity index (χ4n) is 3.54. The lowest BCUT2D eigenvalue weighted by Gasteiger charge is -2.58. The van der Waals surface area contributed by atoms with Crippen molar-refractivity contribution >= 4 is 11.4 Å². The van der Waals surface area contributed by atoms with E-state index in [-0.39, 0.29) is 0 Å². The summed E-state index contributed by atoms with van der Waals surface area (Å²) in [5, 5.41) is 0. The van der Waals surface area contributed by atoms with Gasteiger partial charge >= 0.3 is 11.8 Å². The van der Waals surface area contributed by atoms with Crippen molar-refractivity contribution in [3.8, 4) is 0 Å². The maximum atomic E-state index is 15.6. The average Bonchev–Trinajstić information content (AvgIpc) is 2.66. The van der Waals surface area contributed by atoms with E-state index in [9.17, 15) is 17.6 Å². The van der Waals surface area contributed by atoms with E-state index in [1.165, 1.54) is 24.3 Å². The highest BCUT2D eigenvalue weighted by Crippen LogP contribution is 2.76. The van der Waals surface area contributed by atoms with Crippen LogP contribution in [0.1, 0.15) is 11.1 Å². The zero-order valence-corrected chi connectivity index (χ0v) is 15.8. The van der Waals surface area contributed by atoms with Gasteiger partial charge in [0.25, 0.3) is 0 Å². The van der Waals surface area contributed by atoms with Gasteiger partial charge in [0.05, 0.1) is 0 Å². The first-order valence-electron chi connectivity index (χ1n) is 8.51. The molecular weight excluding hydrogens is 382 g/mol. The van der Waals surface area contributed by atoms with Crippen LogP contribution in [0.5, 0.6) is 0 Å². The van der Waals surface area contributed by atoms with E-state index in [1.54, 1.807) is 38.0 Å². The highest BCUT2D eigenvalue weighted by atomic mass is 19.3. The van der Waals surface area contributed by atoms with Crippen LogP contribution < -0.4 is 9.80 Å². The summed E-state index contributed by atoms with van der Waals surface area (Å²) in [6, 6.07) is 8.78. The van der Waals surface area contributed by atoms with Crippen molar-refractivity contribution in [1.29, 1.82) is 0 Å². The van der Waals surface area contributed by atoms with Crippen LogP contribution >= 0.6 is 0 Å². The van der Waals surface area contributed by atoms with Crippen molar-refractivity contribution in [2.24, 2.45) is 0 Å². The van der Waals surface area contributed by atoms with Crippen molar-refractivity contribution < 1.29 is 26.3 Å². The maximum absolute atomic E-state index is 15.6. The molecule has 2 nitrogen and oxygen atoms in total. The second-order valence-corrected chi connectivity index (χ2v) is 7.35. The monoisotopic (exact) mass is 402 g/mol. The largest absolute Gasteiger partial charge is 0.378 e. The Morgan fingerprint density at radius 2 is 0.750 bits per heavy atom. The van der Waals surface area contributed by atoms with Crippen LogP contribution in [0.3, 0.4) is 0 Å². The summed E-state index contributed by atoms with van der Waals surface area (Å²) in [6.07, 6.45) is 0. The van der Waals surface area contributed by atoms with Gasteiger partial charge in [-0.3, -0.25) is 0 Å². The van der Waals surface area contributed by atoms with E-state index in [0.717, 1.165) is 24.3 Å². The Balaban J connectivity index is 2.16. The van der Waals surface area contributed by atoms with Gasteiger partial charge in [0.2, 0.25) is 11.3 Å². The quantitative estimate of drug-likeness (QED) is 0.654. The summed E-state index contributed by atoms with van der Waals surface area (Å²) >= 11 is 0. The van der Waals surface area contributed by atoms with E-state index < -0.39 is 34.3 Å². The fraction of sp³-hybridized carbons (Fsp3) is 0.400. The molecular formula is C20H20F6N2. The zero-order valence-electron chi connectivity index (χ0n) is 15.8. The van der Waals surface area contributed by atoms with Crippen LogP contribution in [0, 0.1) is 0 Å². The van der Waals surface area contributed by atoms with E-state index in [0.29, 0.717) is 11.4 Å². The molecule has 0 aliphatic heterocycles. The predicted molar refractivity (Wildman–Crippen MR) is 97.0 cm³/mol. The van der Waals surface area contributed by atoms with E-state index >= 15 is 8.78 Å². The normalized spacial score (nSPS) is 27.8. The molecule has 1 fully saturated rings. The van der Waals surface area contributed by atoms with Crippen LogP contribution in [-0.2, 0) is 11.3 Å². The molecule has 0 heterocycles. The number of hydrogen-bond acceptors (Lipinski definition) is 2. The summed E-state index contributed by atoms with van der Waals surface area (Å²) in [6.45, 7) is 0. The first-order chi connectivity index (χ1) is 12.8. The number of rotatable bonds is 4. The SMILES string of the molecule is CN(C)c1ccc([C@]2(F)C(F)(F)C(F)(F)[C@@]2(F)c2ccc(N(C)C)cc2)cc1. The molecule has 0 unspecified atom stereocenters. The third-order valence-electron chi connectivity index (χ3n) is 5.30. The van der Waals surface area contributed by atoms with Crippen LogP contribution in [0.25, 0.3) is 0 Å². The molecule has 1 aliphatic carbocycles. The van der Waals surface area contributed by atoms with Crippen molar-refractivity contribution in [2.45, 2.75) is 23.2 Å². The molecule has 2 aromatic rings. The van der Waals surface area contributed by atoms with Gasteiger partial charge in [0.15, 0.2) is 0 Å². The molecule has 1 saturated carbocycles. The van der Waals surface area contributed by atoms with Gasteiger partial charge in [-0.15, -0.1) is 0 Å². The molecule has 0 radical (unpaired) electrons. The minimum Gasteiger partial charge on any atom is -0.378 e. The number of anilines is 2.